The van der Waals surface area contributed by atoms with E-state index in [0.717, 1.165) is 6.07 Å². The molecule has 0 saturated heterocycles. The Morgan fingerprint density at radius 1 is 1.19 bits per heavy atom. The summed E-state index contributed by atoms with van der Waals surface area (Å²) >= 11 is 8.91. The molecule has 0 aromatic heterocycles. The molecule has 0 heterocycles. The highest BCUT2D eigenvalue weighted by Gasteiger charge is 2.41. The summed E-state index contributed by atoms with van der Waals surface area (Å²) in [7, 11) is -2.18. The average Bonchev–Trinajstić information content (AvgIpc) is 2.25. The van der Waals surface area contributed by atoms with E-state index < -0.39 is 26.0 Å². The Hall–Kier alpha value is -0.103. The highest BCUT2D eigenvalue weighted by molar-refractivity contribution is 8.58. The van der Waals surface area contributed by atoms with Gasteiger partial charge in [-0.05, 0) is 36.3 Å². The van der Waals surface area contributed by atoms with E-state index in [9.17, 15) is 13.2 Å². The van der Waals surface area contributed by atoms with Gasteiger partial charge in [0.2, 0.25) is 8.32 Å². The largest absolute Gasteiger partial charge is 0.543 e. The van der Waals surface area contributed by atoms with Gasteiger partial charge in [-0.15, -0.1) is 0 Å². The van der Waals surface area contributed by atoms with Gasteiger partial charge in [0.15, 0.2) is 17.1 Å². The first-order chi connectivity index (χ1) is 9.25. The van der Waals surface area contributed by atoms with Crippen molar-refractivity contribution < 1.29 is 17.6 Å². The molecular weight excluding hydrogens is 352 g/mol. The normalized spacial score (nSPS) is 14.0. The van der Waals surface area contributed by atoms with Crippen molar-refractivity contribution in [2.45, 2.75) is 45.1 Å². The zero-order chi connectivity index (χ0) is 16.6. The molecule has 0 saturated carbocycles. The molecule has 0 fully saturated rings. The second kappa shape index (κ2) is 6.18. The van der Waals surface area contributed by atoms with Crippen molar-refractivity contribution in [2.24, 2.45) is 0 Å². The van der Waals surface area contributed by atoms with Gasteiger partial charge in [0, 0.05) is 0 Å². The lowest BCUT2D eigenvalue weighted by Crippen LogP contribution is -2.44. The van der Waals surface area contributed by atoms with Gasteiger partial charge < -0.3 is 4.43 Å². The second-order valence-corrected chi connectivity index (χ2v) is 15.2. The monoisotopic (exact) mass is 371 g/mol. The van der Waals surface area contributed by atoms with Crippen LogP contribution < -0.4 is 9.73 Å². The Bertz CT molecular complexity index is 553. The maximum absolute atomic E-state index is 13.1. The fraction of sp³-hybridized carbons (Fsp3) is 0.538. The lowest BCUT2D eigenvalue weighted by Gasteiger charge is -2.36. The molecule has 0 amide bonds. The highest BCUT2D eigenvalue weighted by Crippen LogP contribution is 2.40. The van der Waals surface area contributed by atoms with Crippen LogP contribution in [-0.4, -0.2) is 8.32 Å². The van der Waals surface area contributed by atoms with Gasteiger partial charge in [-0.2, -0.15) is 13.2 Å². The van der Waals surface area contributed by atoms with Crippen LogP contribution in [0, 0.1) is 0 Å². The first kappa shape index (κ1) is 18.9. The van der Waals surface area contributed by atoms with Gasteiger partial charge in [0.25, 0.3) is 5.90 Å². The minimum absolute atomic E-state index is 0.0541. The molecule has 1 atom stereocenters. The van der Waals surface area contributed by atoms with Crippen molar-refractivity contribution in [1.29, 1.82) is 0 Å². The summed E-state index contributed by atoms with van der Waals surface area (Å²) in [4.78, 5) is 0. The Labute approximate surface area is 136 Å². The number of thiol groups is 1. The fourth-order valence-corrected chi connectivity index (χ4v) is 4.04. The summed E-state index contributed by atoms with van der Waals surface area (Å²) in [6.07, 6.45) is -4.45. The van der Waals surface area contributed by atoms with Crippen LogP contribution in [0.15, 0.2) is 18.2 Å². The summed E-state index contributed by atoms with van der Waals surface area (Å²) in [5, 5.41) is -0.0310. The molecule has 0 spiro atoms. The molecule has 8 heteroatoms. The quantitative estimate of drug-likeness (QED) is 0.427. The van der Waals surface area contributed by atoms with E-state index >= 15 is 0 Å². The van der Waals surface area contributed by atoms with Crippen LogP contribution in [0.25, 0.3) is 0 Å². The van der Waals surface area contributed by atoms with Crippen LogP contribution in [0.5, 0.6) is 5.75 Å². The molecule has 0 bridgehead atoms. The Kier molecular flexibility index (Phi) is 5.58. The SMILES string of the molecule is CC(C)(C)[Si](C)(C)Oc1ccc([P+](=S)S)c(C(F)(F)F)c1. The minimum atomic E-state index is -4.45. The van der Waals surface area contributed by atoms with Gasteiger partial charge in [-0.1, -0.05) is 20.8 Å². The topological polar surface area (TPSA) is 9.23 Å². The van der Waals surface area contributed by atoms with E-state index in [0.29, 0.717) is 0 Å². The third-order valence-electron chi connectivity index (χ3n) is 3.66. The van der Waals surface area contributed by atoms with Crippen molar-refractivity contribution >= 4 is 43.6 Å². The molecule has 0 radical (unpaired) electrons. The maximum atomic E-state index is 13.1. The fourth-order valence-electron chi connectivity index (χ4n) is 1.42. The average molecular weight is 371 g/mol. The summed E-state index contributed by atoms with van der Waals surface area (Å²) < 4.78 is 45.3. The van der Waals surface area contributed by atoms with Gasteiger partial charge >= 0.3 is 6.18 Å². The van der Waals surface area contributed by atoms with Gasteiger partial charge in [0.05, 0.1) is 12.2 Å². The third kappa shape index (κ3) is 4.68. The summed E-state index contributed by atoms with van der Waals surface area (Å²) in [5.41, 5.74) is -0.741. The zero-order valence-corrected chi connectivity index (χ0v) is 16.2. The molecule has 0 aliphatic rings. The third-order valence-corrected chi connectivity index (χ3v) is 10.1. The van der Waals surface area contributed by atoms with Crippen molar-refractivity contribution in [1.82, 2.24) is 0 Å². The number of benzene rings is 1. The van der Waals surface area contributed by atoms with E-state index in [1.807, 2.05) is 33.9 Å². The first-order valence-corrected chi connectivity index (χ1v) is 12.7. The number of hydrogen-bond acceptors (Lipinski definition) is 2. The standard InChI is InChI=1S/C13H18F3OPS2Si/c1-12(2,3)21(4,5)17-9-6-7-11(18(19)20)10(8-9)13(14,15)16/h6-8H,1-5H3/p+1. The molecule has 0 aliphatic heterocycles. The molecule has 0 N–H and O–H groups in total. The predicted molar refractivity (Wildman–Crippen MR) is 92.2 cm³/mol. The number of alkyl halides is 3. The van der Waals surface area contributed by atoms with Crippen molar-refractivity contribution in [3.63, 3.8) is 0 Å². The maximum Gasteiger partial charge on any atom is 0.420 e. The van der Waals surface area contributed by atoms with Crippen LogP contribution in [0.1, 0.15) is 26.3 Å². The lowest BCUT2D eigenvalue weighted by atomic mass is 10.2. The Balaban J connectivity index is 3.28. The van der Waals surface area contributed by atoms with Crippen LogP contribution in [0.2, 0.25) is 18.1 Å². The summed E-state index contributed by atoms with van der Waals surface area (Å²) in [6, 6.07) is 3.99. The summed E-state index contributed by atoms with van der Waals surface area (Å²) in [5.74, 6) is -1.29. The molecule has 1 aromatic carbocycles. The van der Waals surface area contributed by atoms with Crippen LogP contribution >= 0.6 is 18.1 Å². The molecule has 1 nitrogen and oxygen atoms in total. The van der Waals surface area contributed by atoms with E-state index in [4.69, 9.17) is 16.2 Å². The van der Waals surface area contributed by atoms with Gasteiger partial charge in [-0.25, -0.2) is 0 Å². The van der Waals surface area contributed by atoms with E-state index in [1.54, 1.807) is 6.07 Å². The lowest BCUT2D eigenvalue weighted by molar-refractivity contribution is -0.136. The van der Waals surface area contributed by atoms with Crippen molar-refractivity contribution in [2.75, 3.05) is 0 Å². The smallest absolute Gasteiger partial charge is 0.420 e. The Morgan fingerprint density at radius 3 is 2.10 bits per heavy atom. The molecule has 1 rings (SSSR count). The minimum Gasteiger partial charge on any atom is -0.543 e. The zero-order valence-electron chi connectivity index (χ0n) is 12.6. The molecule has 21 heavy (non-hydrogen) atoms. The van der Waals surface area contributed by atoms with Gasteiger partial charge in [0.1, 0.15) is 11.3 Å². The Morgan fingerprint density at radius 2 is 1.71 bits per heavy atom. The van der Waals surface area contributed by atoms with Crippen LogP contribution in [0.4, 0.5) is 13.2 Å². The summed E-state index contributed by atoms with van der Waals surface area (Å²) in [6.45, 7) is 10.1. The molecule has 0 aliphatic carbocycles. The van der Waals surface area contributed by atoms with Gasteiger partial charge in [-0.3, -0.25) is 0 Å². The molecule has 1 aromatic rings. The van der Waals surface area contributed by atoms with Crippen molar-refractivity contribution in [3.05, 3.63) is 23.8 Å². The first-order valence-electron chi connectivity index (χ1n) is 6.32. The highest BCUT2D eigenvalue weighted by atomic mass is 32.9. The molecular formula is C13H19F3OPS2Si+. The predicted octanol–water partition coefficient (Wildman–Crippen LogP) is 5.50. The van der Waals surface area contributed by atoms with E-state index in [2.05, 4.69) is 12.2 Å². The van der Waals surface area contributed by atoms with E-state index in [-0.39, 0.29) is 16.1 Å². The molecule has 118 valence electrons. The number of hydrogen-bond donors (Lipinski definition) is 1. The number of halogens is 3. The number of rotatable bonds is 3. The second-order valence-electron chi connectivity index (χ2n) is 6.31. The van der Waals surface area contributed by atoms with Crippen molar-refractivity contribution in [3.8, 4) is 5.75 Å². The van der Waals surface area contributed by atoms with Crippen LogP contribution in [-0.2, 0) is 18.0 Å². The molecule has 1 unspecified atom stereocenters. The van der Waals surface area contributed by atoms with E-state index in [1.165, 1.54) is 6.07 Å². The van der Waals surface area contributed by atoms with Crippen LogP contribution in [0.3, 0.4) is 0 Å².